The second kappa shape index (κ2) is 8.96. The minimum absolute atomic E-state index is 0.00685. The van der Waals surface area contributed by atoms with Gasteiger partial charge in [-0.05, 0) is 35.9 Å². The molecule has 2 N–H and O–H groups in total. The SMILES string of the molecule is O=C(CCNS(=O)(=O)c1cccc(Cl)c1)Nc1cccc(Cn2cncn2)c1. The Kier molecular flexibility index (Phi) is 6.40. The number of hydrogen-bond donors (Lipinski definition) is 2. The average molecular weight is 420 g/mol. The summed E-state index contributed by atoms with van der Waals surface area (Å²) in [6, 6.07) is 13.3. The van der Waals surface area contributed by atoms with Gasteiger partial charge in [-0.2, -0.15) is 5.10 Å². The van der Waals surface area contributed by atoms with Crippen LogP contribution in [0.25, 0.3) is 0 Å². The van der Waals surface area contributed by atoms with Crippen LogP contribution in [0.1, 0.15) is 12.0 Å². The zero-order valence-corrected chi connectivity index (χ0v) is 16.3. The highest BCUT2D eigenvalue weighted by Gasteiger charge is 2.14. The van der Waals surface area contributed by atoms with Crippen molar-refractivity contribution >= 4 is 33.2 Å². The molecule has 2 aromatic carbocycles. The molecule has 0 unspecified atom stereocenters. The van der Waals surface area contributed by atoms with E-state index >= 15 is 0 Å². The number of sulfonamides is 1. The van der Waals surface area contributed by atoms with Crippen LogP contribution in [-0.4, -0.2) is 35.6 Å². The van der Waals surface area contributed by atoms with Crippen molar-refractivity contribution in [2.24, 2.45) is 0 Å². The molecule has 0 saturated carbocycles. The number of aromatic nitrogens is 3. The molecular weight excluding hydrogens is 402 g/mol. The number of halogens is 1. The first-order valence-corrected chi connectivity index (χ1v) is 10.2. The van der Waals surface area contributed by atoms with Gasteiger partial charge in [0.15, 0.2) is 0 Å². The minimum Gasteiger partial charge on any atom is -0.326 e. The van der Waals surface area contributed by atoms with Gasteiger partial charge in [-0.3, -0.25) is 4.79 Å². The predicted molar refractivity (Wildman–Crippen MR) is 105 cm³/mol. The van der Waals surface area contributed by atoms with Gasteiger partial charge in [-0.25, -0.2) is 22.8 Å². The van der Waals surface area contributed by atoms with E-state index in [2.05, 4.69) is 20.1 Å². The third-order valence-corrected chi connectivity index (χ3v) is 5.47. The average Bonchev–Trinajstić information content (AvgIpc) is 3.15. The van der Waals surface area contributed by atoms with Crippen LogP contribution >= 0.6 is 11.6 Å². The molecule has 0 spiro atoms. The second-order valence-electron chi connectivity index (χ2n) is 5.95. The van der Waals surface area contributed by atoms with E-state index in [1.54, 1.807) is 29.2 Å². The Hall–Kier alpha value is -2.75. The molecule has 0 bridgehead atoms. The molecule has 1 amide bonds. The van der Waals surface area contributed by atoms with E-state index in [1.807, 2.05) is 18.2 Å². The lowest BCUT2D eigenvalue weighted by atomic mass is 10.2. The van der Waals surface area contributed by atoms with Crippen molar-refractivity contribution in [2.45, 2.75) is 17.9 Å². The van der Waals surface area contributed by atoms with Crippen molar-refractivity contribution in [2.75, 3.05) is 11.9 Å². The third-order valence-electron chi connectivity index (χ3n) is 3.77. The Morgan fingerprint density at radius 3 is 2.71 bits per heavy atom. The van der Waals surface area contributed by atoms with E-state index in [4.69, 9.17) is 11.6 Å². The van der Waals surface area contributed by atoms with E-state index in [-0.39, 0.29) is 23.8 Å². The smallest absolute Gasteiger partial charge is 0.240 e. The topological polar surface area (TPSA) is 106 Å². The molecule has 28 heavy (non-hydrogen) atoms. The van der Waals surface area contributed by atoms with E-state index < -0.39 is 10.0 Å². The molecule has 0 aliphatic carbocycles. The minimum atomic E-state index is -3.72. The molecule has 146 valence electrons. The monoisotopic (exact) mass is 419 g/mol. The first-order chi connectivity index (χ1) is 13.4. The standard InChI is InChI=1S/C18H18ClN5O3S/c19-15-4-2-6-17(10-15)28(26,27)22-8-7-18(25)23-16-5-1-3-14(9-16)11-24-13-20-12-21-24/h1-6,9-10,12-13,22H,7-8,11H2,(H,23,25). The zero-order valence-electron chi connectivity index (χ0n) is 14.7. The first-order valence-electron chi connectivity index (χ1n) is 8.39. The normalized spacial score (nSPS) is 11.3. The van der Waals surface area contributed by atoms with Gasteiger partial charge in [0.25, 0.3) is 0 Å². The summed E-state index contributed by atoms with van der Waals surface area (Å²) in [6.07, 6.45) is 3.06. The molecule has 3 rings (SSSR count). The second-order valence-corrected chi connectivity index (χ2v) is 8.15. The Bertz CT molecular complexity index is 1050. The fraction of sp³-hybridized carbons (Fsp3) is 0.167. The van der Waals surface area contributed by atoms with Gasteiger partial charge in [0, 0.05) is 23.7 Å². The number of carbonyl (C=O) groups is 1. The van der Waals surface area contributed by atoms with Crippen molar-refractivity contribution in [1.29, 1.82) is 0 Å². The van der Waals surface area contributed by atoms with Gasteiger partial charge >= 0.3 is 0 Å². The predicted octanol–water partition coefficient (Wildman–Crippen LogP) is 2.29. The fourth-order valence-corrected chi connectivity index (χ4v) is 3.82. The maximum Gasteiger partial charge on any atom is 0.240 e. The van der Waals surface area contributed by atoms with Gasteiger partial charge in [0.05, 0.1) is 11.4 Å². The molecule has 0 radical (unpaired) electrons. The number of benzene rings is 2. The van der Waals surface area contributed by atoms with Crippen LogP contribution < -0.4 is 10.0 Å². The molecule has 8 nitrogen and oxygen atoms in total. The van der Waals surface area contributed by atoms with Crippen molar-refractivity contribution in [3.63, 3.8) is 0 Å². The highest BCUT2D eigenvalue weighted by atomic mass is 35.5. The van der Waals surface area contributed by atoms with Gasteiger partial charge in [0.2, 0.25) is 15.9 Å². The van der Waals surface area contributed by atoms with E-state index in [0.29, 0.717) is 17.3 Å². The fourth-order valence-electron chi connectivity index (χ4n) is 2.49. The molecule has 1 heterocycles. The maximum atomic E-state index is 12.2. The number of rotatable bonds is 8. The van der Waals surface area contributed by atoms with Crippen molar-refractivity contribution in [1.82, 2.24) is 19.5 Å². The largest absolute Gasteiger partial charge is 0.326 e. The Morgan fingerprint density at radius 2 is 1.96 bits per heavy atom. The molecule has 1 aromatic heterocycles. The summed E-state index contributed by atoms with van der Waals surface area (Å²) in [5.74, 6) is -0.299. The highest BCUT2D eigenvalue weighted by molar-refractivity contribution is 7.89. The molecule has 10 heteroatoms. The van der Waals surface area contributed by atoms with Crippen LogP contribution in [-0.2, 0) is 21.4 Å². The molecule has 0 aliphatic heterocycles. The summed E-state index contributed by atoms with van der Waals surface area (Å²) in [4.78, 5) is 16.1. The molecular formula is C18H18ClN5O3S. The molecule has 0 saturated heterocycles. The van der Waals surface area contributed by atoms with Crippen LogP contribution in [0.5, 0.6) is 0 Å². The lowest BCUT2D eigenvalue weighted by Crippen LogP contribution is -2.27. The highest BCUT2D eigenvalue weighted by Crippen LogP contribution is 2.15. The number of hydrogen-bond acceptors (Lipinski definition) is 5. The van der Waals surface area contributed by atoms with Gasteiger partial charge in [-0.1, -0.05) is 29.8 Å². The quantitative estimate of drug-likeness (QED) is 0.582. The molecule has 0 aliphatic rings. The van der Waals surface area contributed by atoms with E-state index in [0.717, 1.165) is 5.56 Å². The molecule has 3 aromatic rings. The summed E-state index contributed by atoms with van der Waals surface area (Å²) < 4.78 is 28.5. The number of nitrogens with one attached hydrogen (secondary N) is 2. The first kappa shape index (κ1) is 20.0. The number of nitrogens with zero attached hydrogens (tertiary/aromatic N) is 3. The van der Waals surface area contributed by atoms with Gasteiger partial charge in [0.1, 0.15) is 12.7 Å². The summed E-state index contributed by atoms with van der Waals surface area (Å²) >= 11 is 5.82. The Labute approximate surface area is 167 Å². The lowest BCUT2D eigenvalue weighted by molar-refractivity contribution is -0.116. The number of amides is 1. The molecule has 0 atom stereocenters. The summed E-state index contributed by atoms with van der Waals surface area (Å²) in [6.45, 7) is 0.502. The Morgan fingerprint density at radius 1 is 1.14 bits per heavy atom. The van der Waals surface area contributed by atoms with Crippen LogP contribution in [0.4, 0.5) is 5.69 Å². The van der Waals surface area contributed by atoms with Crippen molar-refractivity contribution in [3.05, 3.63) is 71.8 Å². The van der Waals surface area contributed by atoms with E-state index in [1.165, 1.54) is 18.5 Å². The van der Waals surface area contributed by atoms with Crippen LogP contribution in [0.3, 0.4) is 0 Å². The van der Waals surface area contributed by atoms with Crippen molar-refractivity contribution in [3.8, 4) is 0 Å². The Balaban J connectivity index is 1.52. The summed E-state index contributed by atoms with van der Waals surface area (Å²) in [5.41, 5.74) is 1.57. The van der Waals surface area contributed by atoms with E-state index in [9.17, 15) is 13.2 Å². The van der Waals surface area contributed by atoms with Gasteiger partial charge < -0.3 is 5.32 Å². The van der Waals surface area contributed by atoms with Crippen LogP contribution in [0.2, 0.25) is 5.02 Å². The number of carbonyl (C=O) groups excluding carboxylic acids is 1. The van der Waals surface area contributed by atoms with Crippen LogP contribution in [0.15, 0.2) is 66.1 Å². The van der Waals surface area contributed by atoms with Crippen molar-refractivity contribution < 1.29 is 13.2 Å². The number of anilines is 1. The summed E-state index contributed by atoms with van der Waals surface area (Å²) in [7, 11) is -3.72. The maximum absolute atomic E-state index is 12.2. The summed E-state index contributed by atoms with van der Waals surface area (Å²) in [5, 5.41) is 7.12. The third kappa shape index (κ3) is 5.62. The molecule has 0 fully saturated rings. The zero-order chi connectivity index (χ0) is 20.0. The van der Waals surface area contributed by atoms with Gasteiger partial charge in [-0.15, -0.1) is 0 Å². The van der Waals surface area contributed by atoms with Crippen LogP contribution in [0, 0.1) is 0 Å². The lowest BCUT2D eigenvalue weighted by Gasteiger charge is -2.09.